The van der Waals surface area contributed by atoms with Gasteiger partial charge in [-0.3, -0.25) is 20.4 Å². The zero-order valence-corrected chi connectivity index (χ0v) is 22.1. The van der Waals surface area contributed by atoms with Crippen LogP contribution in [-0.4, -0.2) is 84.1 Å². The minimum Gasteiger partial charge on any atom is -0.349 e. The first-order valence-electron chi connectivity index (χ1n) is 11.4. The SMILES string of the molecule is CN(C)C(=O)CC1CN(S(=O)(=O)c2cc3cc(Cl)ccc3[nH]2)CCN1C(=O)c1nc2c(s1)CNNC2. The molecule has 1 atom stereocenters. The van der Waals surface area contributed by atoms with E-state index in [1.54, 1.807) is 43.3 Å². The molecule has 14 heteroatoms. The Morgan fingerprint density at radius 3 is 2.72 bits per heavy atom. The fourth-order valence-corrected chi connectivity index (χ4v) is 7.03. The van der Waals surface area contributed by atoms with Gasteiger partial charge >= 0.3 is 0 Å². The van der Waals surface area contributed by atoms with Crippen molar-refractivity contribution in [1.82, 2.24) is 34.9 Å². The van der Waals surface area contributed by atoms with Crippen LogP contribution >= 0.6 is 22.9 Å². The molecule has 3 aromatic rings. The summed E-state index contributed by atoms with van der Waals surface area (Å²) in [5.41, 5.74) is 7.52. The average Bonchev–Trinajstić information content (AvgIpc) is 3.48. The second-order valence-corrected chi connectivity index (χ2v) is 12.4. The molecule has 2 amide bonds. The van der Waals surface area contributed by atoms with Crippen LogP contribution < -0.4 is 10.9 Å². The van der Waals surface area contributed by atoms with Crippen LogP contribution in [0.2, 0.25) is 5.02 Å². The van der Waals surface area contributed by atoms with Crippen molar-refractivity contribution in [3.05, 3.63) is 44.9 Å². The molecule has 1 fully saturated rings. The summed E-state index contributed by atoms with van der Waals surface area (Å²) in [5.74, 6) is -0.479. The van der Waals surface area contributed by atoms with Gasteiger partial charge in [-0.05, 0) is 24.3 Å². The average molecular weight is 552 g/mol. The van der Waals surface area contributed by atoms with Crippen molar-refractivity contribution in [1.29, 1.82) is 0 Å². The van der Waals surface area contributed by atoms with Gasteiger partial charge in [-0.15, -0.1) is 11.3 Å². The molecule has 1 unspecified atom stereocenters. The Hall–Kier alpha value is -2.55. The van der Waals surface area contributed by atoms with E-state index in [-0.39, 0.29) is 42.9 Å². The van der Waals surface area contributed by atoms with E-state index < -0.39 is 16.1 Å². The molecule has 3 N–H and O–H groups in total. The van der Waals surface area contributed by atoms with Crippen molar-refractivity contribution in [3.63, 3.8) is 0 Å². The molecular weight excluding hydrogens is 526 g/mol. The summed E-state index contributed by atoms with van der Waals surface area (Å²) in [6, 6.07) is 6.03. The molecule has 1 saturated heterocycles. The lowest BCUT2D eigenvalue weighted by molar-refractivity contribution is -0.130. The van der Waals surface area contributed by atoms with Gasteiger partial charge in [-0.1, -0.05) is 11.6 Å². The maximum atomic E-state index is 13.5. The molecule has 2 aliphatic heterocycles. The van der Waals surface area contributed by atoms with Crippen LogP contribution in [0.5, 0.6) is 0 Å². The molecule has 11 nitrogen and oxygen atoms in total. The van der Waals surface area contributed by atoms with Crippen molar-refractivity contribution in [2.45, 2.75) is 30.6 Å². The minimum absolute atomic E-state index is 0.00126. The van der Waals surface area contributed by atoms with Gasteiger partial charge < -0.3 is 14.8 Å². The number of fused-ring (bicyclic) bond motifs is 2. The lowest BCUT2D eigenvalue weighted by Crippen LogP contribution is -2.57. The van der Waals surface area contributed by atoms with Crippen molar-refractivity contribution < 1.29 is 18.0 Å². The molecule has 2 aromatic heterocycles. The second-order valence-electron chi connectivity index (χ2n) is 8.97. The van der Waals surface area contributed by atoms with Gasteiger partial charge in [0.1, 0.15) is 5.03 Å². The monoisotopic (exact) mass is 551 g/mol. The number of rotatable bonds is 5. The summed E-state index contributed by atoms with van der Waals surface area (Å²) in [6.45, 7) is 1.34. The van der Waals surface area contributed by atoms with Crippen molar-refractivity contribution in [2.75, 3.05) is 33.7 Å². The quantitative estimate of drug-likeness (QED) is 0.436. The Labute approximate surface area is 217 Å². The van der Waals surface area contributed by atoms with Gasteiger partial charge in [0.05, 0.1) is 18.3 Å². The van der Waals surface area contributed by atoms with E-state index in [0.717, 1.165) is 10.6 Å². The molecular formula is C22H26ClN7O4S2. The number of carbonyl (C=O) groups excluding carboxylic acids is 2. The number of halogens is 1. The van der Waals surface area contributed by atoms with Crippen LogP contribution in [0.15, 0.2) is 29.3 Å². The predicted octanol–water partition coefficient (Wildman–Crippen LogP) is 1.38. The first-order valence-corrected chi connectivity index (χ1v) is 14.0. The van der Waals surface area contributed by atoms with Crippen LogP contribution in [0, 0.1) is 0 Å². The summed E-state index contributed by atoms with van der Waals surface area (Å²) < 4.78 is 28.4. The van der Waals surface area contributed by atoms with E-state index >= 15 is 0 Å². The number of benzene rings is 1. The third-order valence-electron chi connectivity index (χ3n) is 6.38. The van der Waals surface area contributed by atoms with E-state index in [4.69, 9.17) is 11.6 Å². The van der Waals surface area contributed by atoms with Gasteiger partial charge in [0.15, 0.2) is 5.01 Å². The number of nitrogens with one attached hydrogen (secondary N) is 3. The van der Waals surface area contributed by atoms with Crippen LogP contribution in [0.1, 0.15) is 26.8 Å². The summed E-state index contributed by atoms with van der Waals surface area (Å²) in [5, 5.41) is 1.59. The molecule has 4 heterocycles. The van der Waals surface area contributed by atoms with E-state index in [1.165, 1.54) is 20.5 Å². The summed E-state index contributed by atoms with van der Waals surface area (Å²) >= 11 is 7.38. The molecule has 0 aliphatic carbocycles. The number of amides is 2. The first kappa shape index (κ1) is 25.1. The van der Waals surface area contributed by atoms with Gasteiger partial charge in [0.2, 0.25) is 5.91 Å². The van der Waals surface area contributed by atoms with Crippen LogP contribution in [0.25, 0.3) is 10.9 Å². The second kappa shape index (κ2) is 9.72. The fraction of sp³-hybridized carbons (Fsp3) is 0.409. The normalized spacial score (nSPS) is 18.9. The molecule has 5 rings (SSSR count). The standard InChI is InChI=1S/C22H26ClN7O4S2/c1-28(2)20(31)9-15-12-29(36(33,34)19-8-13-7-14(23)3-4-16(13)26-19)5-6-30(15)22(32)21-27-17-10-24-25-11-18(17)35-21/h3-4,7-8,15,24-26H,5-6,9-12H2,1-2H3. The Bertz CT molecular complexity index is 1410. The van der Waals surface area contributed by atoms with E-state index in [0.29, 0.717) is 34.0 Å². The lowest BCUT2D eigenvalue weighted by Gasteiger charge is -2.40. The zero-order valence-electron chi connectivity index (χ0n) is 19.7. The van der Waals surface area contributed by atoms with E-state index in [1.807, 2.05) is 0 Å². The number of sulfonamides is 1. The molecule has 192 valence electrons. The highest BCUT2D eigenvalue weighted by Gasteiger charge is 2.39. The van der Waals surface area contributed by atoms with Crippen LogP contribution in [0.4, 0.5) is 0 Å². The molecule has 36 heavy (non-hydrogen) atoms. The Balaban J connectivity index is 1.42. The van der Waals surface area contributed by atoms with Crippen molar-refractivity contribution in [3.8, 4) is 0 Å². The fourth-order valence-electron chi connectivity index (χ4n) is 4.39. The summed E-state index contributed by atoms with van der Waals surface area (Å²) in [4.78, 5) is 37.6. The Kier molecular flexibility index (Phi) is 6.78. The largest absolute Gasteiger partial charge is 0.349 e. The minimum atomic E-state index is -3.90. The molecule has 0 saturated carbocycles. The number of H-pyrrole nitrogens is 1. The Morgan fingerprint density at radius 2 is 1.97 bits per heavy atom. The molecule has 0 radical (unpaired) electrons. The maximum Gasteiger partial charge on any atom is 0.283 e. The third kappa shape index (κ3) is 4.74. The van der Waals surface area contributed by atoms with Crippen molar-refractivity contribution in [2.24, 2.45) is 0 Å². The summed E-state index contributed by atoms with van der Waals surface area (Å²) in [6.07, 6.45) is 0.00126. The van der Waals surface area contributed by atoms with Gasteiger partial charge in [0, 0.05) is 67.5 Å². The number of hydrogen-bond acceptors (Lipinski definition) is 8. The number of hydrazine groups is 1. The number of hydrogen-bond donors (Lipinski definition) is 3. The zero-order chi connectivity index (χ0) is 25.6. The number of piperazine rings is 1. The van der Waals surface area contributed by atoms with Gasteiger partial charge in [0.25, 0.3) is 15.9 Å². The van der Waals surface area contributed by atoms with E-state index in [9.17, 15) is 18.0 Å². The summed E-state index contributed by atoms with van der Waals surface area (Å²) in [7, 11) is -0.629. The smallest absolute Gasteiger partial charge is 0.283 e. The number of carbonyl (C=O) groups is 2. The highest BCUT2D eigenvalue weighted by Crippen LogP contribution is 2.28. The Morgan fingerprint density at radius 1 is 1.19 bits per heavy atom. The van der Waals surface area contributed by atoms with Crippen LogP contribution in [-0.2, 0) is 27.9 Å². The number of nitrogens with zero attached hydrogens (tertiary/aromatic N) is 4. The highest BCUT2D eigenvalue weighted by molar-refractivity contribution is 7.89. The van der Waals surface area contributed by atoms with Crippen LogP contribution in [0.3, 0.4) is 0 Å². The van der Waals surface area contributed by atoms with Crippen molar-refractivity contribution >= 4 is 55.7 Å². The topological polar surface area (TPSA) is 131 Å². The first-order chi connectivity index (χ1) is 17.1. The lowest BCUT2D eigenvalue weighted by atomic mass is 10.1. The van der Waals surface area contributed by atoms with E-state index in [2.05, 4.69) is 20.8 Å². The molecule has 1 aromatic carbocycles. The maximum absolute atomic E-state index is 13.5. The van der Waals surface area contributed by atoms with Gasteiger partial charge in [-0.2, -0.15) is 4.31 Å². The molecule has 0 bridgehead atoms. The van der Waals surface area contributed by atoms with Gasteiger partial charge in [-0.25, -0.2) is 13.4 Å². The number of aromatic amines is 1. The number of thiazole rings is 1. The molecule has 0 spiro atoms. The highest BCUT2D eigenvalue weighted by atomic mass is 35.5. The predicted molar refractivity (Wildman–Crippen MR) is 136 cm³/mol. The molecule has 2 aliphatic rings. The third-order valence-corrected chi connectivity index (χ3v) is 9.49. The number of aromatic nitrogens is 2.